The van der Waals surface area contributed by atoms with Gasteiger partial charge in [0, 0.05) is 17.8 Å². The number of nitrogens with one attached hydrogen (secondary N) is 2. The van der Waals surface area contributed by atoms with Crippen molar-refractivity contribution in [3.05, 3.63) is 53.6 Å². The maximum absolute atomic E-state index is 12.3. The van der Waals surface area contributed by atoms with Crippen molar-refractivity contribution in [2.24, 2.45) is 5.92 Å². The van der Waals surface area contributed by atoms with Gasteiger partial charge in [0.1, 0.15) is 5.75 Å². The number of para-hydroxylation sites is 1. The zero-order valence-electron chi connectivity index (χ0n) is 15.1. The highest BCUT2D eigenvalue weighted by Crippen LogP contribution is 2.24. The van der Waals surface area contributed by atoms with Crippen LogP contribution in [-0.2, 0) is 9.59 Å². The van der Waals surface area contributed by atoms with Crippen LogP contribution in [-0.4, -0.2) is 17.9 Å². The molecular formula is C20H23ClN2O3. The number of anilines is 2. The second-order valence-corrected chi connectivity index (χ2v) is 6.81. The lowest BCUT2D eigenvalue weighted by Crippen LogP contribution is -2.30. The van der Waals surface area contributed by atoms with E-state index in [1.165, 1.54) is 0 Å². The highest BCUT2D eigenvalue weighted by molar-refractivity contribution is 6.32. The SMILES string of the molecule is CC(C)CC(=O)Nc1ccc(NC(=O)C(C)Oc2ccccc2Cl)cc1. The fourth-order valence-electron chi connectivity index (χ4n) is 2.25. The lowest BCUT2D eigenvalue weighted by Gasteiger charge is -2.16. The number of benzene rings is 2. The van der Waals surface area contributed by atoms with Crippen LogP contribution in [0.4, 0.5) is 11.4 Å². The van der Waals surface area contributed by atoms with Crippen molar-refractivity contribution < 1.29 is 14.3 Å². The van der Waals surface area contributed by atoms with E-state index in [4.69, 9.17) is 16.3 Å². The van der Waals surface area contributed by atoms with E-state index >= 15 is 0 Å². The number of hydrogen-bond donors (Lipinski definition) is 2. The van der Waals surface area contributed by atoms with Crippen molar-refractivity contribution in [2.75, 3.05) is 10.6 Å². The normalized spacial score (nSPS) is 11.7. The summed E-state index contributed by atoms with van der Waals surface area (Å²) in [4.78, 5) is 24.0. The van der Waals surface area contributed by atoms with E-state index in [0.29, 0.717) is 34.5 Å². The number of carbonyl (C=O) groups is 2. The van der Waals surface area contributed by atoms with E-state index in [1.807, 2.05) is 13.8 Å². The van der Waals surface area contributed by atoms with Gasteiger partial charge in [0.05, 0.1) is 5.02 Å². The van der Waals surface area contributed by atoms with E-state index in [9.17, 15) is 9.59 Å². The molecule has 0 saturated heterocycles. The molecule has 0 fully saturated rings. The first-order chi connectivity index (χ1) is 12.3. The van der Waals surface area contributed by atoms with Gasteiger partial charge < -0.3 is 15.4 Å². The van der Waals surface area contributed by atoms with Crippen molar-refractivity contribution in [1.82, 2.24) is 0 Å². The van der Waals surface area contributed by atoms with Crippen LogP contribution in [0.25, 0.3) is 0 Å². The van der Waals surface area contributed by atoms with Gasteiger partial charge in [-0.3, -0.25) is 9.59 Å². The fourth-order valence-corrected chi connectivity index (χ4v) is 2.43. The molecule has 0 aliphatic carbocycles. The average molecular weight is 375 g/mol. The van der Waals surface area contributed by atoms with Crippen molar-refractivity contribution in [2.45, 2.75) is 33.3 Å². The van der Waals surface area contributed by atoms with Gasteiger partial charge >= 0.3 is 0 Å². The molecule has 1 unspecified atom stereocenters. The van der Waals surface area contributed by atoms with Crippen LogP contribution in [0.1, 0.15) is 27.2 Å². The number of rotatable bonds is 7. The quantitative estimate of drug-likeness (QED) is 0.736. The Kier molecular flexibility index (Phi) is 7.04. The molecular weight excluding hydrogens is 352 g/mol. The largest absolute Gasteiger partial charge is 0.479 e. The zero-order valence-corrected chi connectivity index (χ0v) is 15.8. The van der Waals surface area contributed by atoms with Crippen LogP contribution in [0, 0.1) is 5.92 Å². The summed E-state index contributed by atoms with van der Waals surface area (Å²) in [6.07, 6.45) is -0.240. The average Bonchev–Trinajstić information content (AvgIpc) is 2.57. The summed E-state index contributed by atoms with van der Waals surface area (Å²) in [5.41, 5.74) is 1.31. The first-order valence-corrected chi connectivity index (χ1v) is 8.85. The van der Waals surface area contributed by atoms with Gasteiger partial charge in [0.2, 0.25) is 5.91 Å². The van der Waals surface area contributed by atoms with Crippen molar-refractivity contribution in [3.8, 4) is 5.75 Å². The molecule has 2 N–H and O–H groups in total. The van der Waals surface area contributed by atoms with Crippen LogP contribution in [0.2, 0.25) is 5.02 Å². The smallest absolute Gasteiger partial charge is 0.265 e. The van der Waals surface area contributed by atoms with Crippen LogP contribution in [0.15, 0.2) is 48.5 Å². The van der Waals surface area contributed by atoms with Gasteiger partial charge in [-0.25, -0.2) is 0 Å². The Hall–Kier alpha value is -2.53. The third-order valence-electron chi connectivity index (χ3n) is 3.54. The van der Waals surface area contributed by atoms with Gasteiger partial charge in [-0.15, -0.1) is 0 Å². The van der Waals surface area contributed by atoms with Crippen LogP contribution < -0.4 is 15.4 Å². The van der Waals surface area contributed by atoms with E-state index in [0.717, 1.165) is 0 Å². The summed E-state index contributed by atoms with van der Waals surface area (Å²) < 4.78 is 5.59. The van der Waals surface area contributed by atoms with Gasteiger partial charge in [0.15, 0.2) is 6.10 Å². The highest BCUT2D eigenvalue weighted by atomic mass is 35.5. The zero-order chi connectivity index (χ0) is 19.1. The molecule has 0 aliphatic heterocycles. The summed E-state index contributed by atoms with van der Waals surface area (Å²) in [6, 6.07) is 13.9. The molecule has 26 heavy (non-hydrogen) atoms. The molecule has 2 aromatic rings. The first-order valence-electron chi connectivity index (χ1n) is 8.47. The highest BCUT2D eigenvalue weighted by Gasteiger charge is 2.16. The molecule has 2 amide bonds. The van der Waals surface area contributed by atoms with Crippen LogP contribution >= 0.6 is 11.6 Å². The summed E-state index contributed by atoms with van der Waals surface area (Å²) in [6.45, 7) is 5.63. The Morgan fingerprint density at radius 3 is 2.12 bits per heavy atom. The van der Waals surface area contributed by atoms with Crippen molar-refractivity contribution in [3.63, 3.8) is 0 Å². The fraction of sp³-hybridized carbons (Fsp3) is 0.300. The van der Waals surface area contributed by atoms with E-state index < -0.39 is 6.10 Å². The monoisotopic (exact) mass is 374 g/mol. The summed E-state index contributed by atoms with van der Waals surface area (Å²) >= 11 is 6.03. The van der Waals surface area contributed by atoms with E-state index in [-0.39, 0.29) is 11.8 Å². The number of halogens is 1. The Morgan fingerprint density at radius 2 is 1.54 bits per heavy atom. The molecule has 2 rings (SSSR count). The van der Waals surface area contributed by atoms with E-state index in [2.05, 4.69) is 10.6 Å². The summed E-state index contributed by atoms with van der Waals surface area (Å²) in [7, 11) is 0. The Morgan fingerprint density at radius 1 is 0.962 bits per heavy atom. The first kappa shape index (κ1) is 19.8. The molecule has 2 aromatic carbocycles. The van der Waals surface area contributed by atoms with E-state index in [1.54, 1.807) is 55.5 Å². The summed E-state index contributed by atoms with van der Waals surface area (Å²) in [5, 5.41) is 6.05. The topological polar surface area (TPSA) is 67.4 Å². The van der Waals surface area contributed by atoms with Crippen molar-refractivity contribution >= 4 is 34.8 Å². The van der Waals surface area contributed by atoms with Gasteiger partial charge in [0.25, 0.3) is 5.91 Å². The molecule has 0 heterocycles. The van der Waals surface area contributed by atoms with Gasteiger partial charge in [-0.05, 0) is 49.2 Å². The van der Waals surface area contributed by atoms with Crippen LogP contribution in [0.5, 0.6) is 5.75 Å². The second kappa shape index (κ2) is 9.25. The summed E-state index contributed by atoms with van der Waals surface area (Å²) in [5.74, 6) is 0.438. The molecule has 0 saturated carbocycles. The molecule has 0 radical (unpaired) electrons. The molecule has 5 nitrogen and oxygen atoms in total. The molecule has 1 atom stereocenters. The standard InChI is InChI=1S/C20H23ClN2O3/c1-13(2)12-19(24)22-15-8-10-16(11-9-15)23-20(25)14(3)26-18-7-5-4-6-17(18)21/h4-11,13-14H,12H2,1-3H3,(H,22,24)(H,23,25). The van der Waals surface area contributed by atoms with Gasteiger partial charge in [-0.1, -0.05) is 37.6 Å². The Balaban J connectivity index is 1.90. The predicted octanol–water partition coefficient (Wildman–Crippen LogP) is 4.73. The predicted molar refractivity (Wildman–Crippen MR) is 105 cm³/mol. The van der Waals surface area contributed by atoms with Gasteiger partial charge in [-0.2, -0.15) is 0 Å². The third-order valence-corrected chi connectivity index (χ3v) is 3.85. The third kappa shape index (κ3) is 6.08. The Labute approximate surface area is 158 Å². The molecule has 0 aromatic heterocycles. The van der Waals surface area contributed by atoms with Crippen LogP contribution in [0.3, 0.4) is 0 Å². The lowest BCUT2D eigenvalue weighted by atomic mass is 10.1. The maximum atomic E-state index is 12.3. The number of hydrogen-bond acceptors (Lipinski definition) is 3. The maximum Gasteiger partial charge on any atom is 0.265 e. The number of ether oxygens (including phenoxy) is 1. The Bertz CT molecular complexity index is 760. The molecule has 0 bridgehead atoms. The number of carbonyl (C=O) groups excluding carboxylic acids is 2. The minimum Gasteiger partial charge on any atom is -0.479 e. The number of amides is 2. The molecule has 0 aliphatic rings. The lowest BCUT2D eigenvalue weighted by molar-refractivity contribution is -0.122. The molecule has 6 heteroatoms. The minimum atomic E-state index is -0.708. The molecule has 0 spiro atoms. The van der Waals surface area contributed by atoms with Crippen molar-refractivity contribution in [1.29, 1.82) is 0 Å². The second-order valence-electron chi connectivity index (χ2n) is 6.40. The molecule has 138 valence electrons. The minimum absolute atomic E-state index is 0.0291.